The zero-order valence-electron chi connectivity index (χ0n) is 13.2. The molecule has 0 spiro atoms. The summed E-state index contributed by atoms with van der Waals surface area (Å²) in [5.41, 5.74) is 1.37. The number of nitrogens with one attached hydrogen (secondary N) is 2. The van der Waals surface area contributed by atoms with E-state index >= 15 is 0 Å². The number of H-pyrrole nitrogens is 1. The number of hydrogen-bond donors (Lipinski definition) is 2. The number of aromatic nitrogens is 5. The Morgan fingerprint density at radius 1 is 1.29 bits per heavy atom. The van der Waals surface area contributed by atoms with Crippen molar-refractivity contribution in [3.63, 3.8) is 0 Å². The minimum atomic E-state index is -0.270. The molecule has 124 valence electrons. The standard InChI is InChI=1S/C16H18N6O2/c23-15(18-12-5-6-13-11(8-12)9-17-19-13)10-22-16(24)21-7-3-1-2-4-14(21)20-22/h5-6,8-9H,1-4,7,10H2,(H,17,19)(H,18,23). The van der Waals surface area contributed by atoms with Crippen LogP contribution in [-0.4, -0.2) is 30.5 Å². The summed E-state index contributed by atoms with van der Waals surface area (Å²) in [7, 11) is 0. The SMILES string of the molecule is O=C(Cn1nc2n(c1=O)CCCCC2)Nc1ccc2[nH]ncc2c1. The van der Waals surface area contributed by atoms with E-state index in [1.54, 1.807) is 16.8 Å². The zero-order valence-corrected chi connectivity index (χ0v) is 13.2. The van der Waals surface area contributed by atoms with Crippen LogP contribution in [0.5, 0.6) is 0 Å². The van der Waals surface area contributed by atoms with Crippen molar-refractivity contribution in [2.24, 2.45) is 0 Å². The van der Waals surface area contributed by atoms with E-state index in [1.807, 2.05) is 12.1 Å². The van der Waals surface area contributed by atoms with Gasteiger partial charge in [-0.1, -0.05) is 6.42 Å². The Kier molecular flexibility index (Phi) is 3.64. The summed E-state index contributed by atoms with van der Waals surface area (Å²) in [6.45, 7) is 0.606. The van der Waals surface area contributed by atoms with E-state index in [2.05, 4.69) is 20.6 Å². The van der Waals surface area contributed by atoms with E-state index in [0.717, 1.165) is 42.4 Å². The average Bonchev–Trinajstić information content (AvgIpc) is 3.05. The van der Waals surface area contributed by atoms with Crippen LogP contribution in [0, 0.1) is 0 Å². The highest BCUT2D eigenvalue weighted by Gasteiger charge is 2.17. The van der Waals surface area contributed by atoms with Crippen LogP contribution >= 0.6 is 0 Å². The Balaban J connectivity index is 1.50. The number of aromatic amines is 1. The number of carbonyl (C=O) groups is 1. The van der Waals surface area contributed by atoms with Gasteiger partial charge in [0.25, 0.3) is 0 Å². The third kappa shape index (κ3) is 2.70. The van der Waals surface area contributed by atoms with Gasteiger partial charge in [0.15, 0.2) is 0 Å². The third-order valence-corrected chi connectivity index (χ3v) is 4.30. The number of benzene rings is 1. The van der Waals surface area contributed by atoms with Crippen LogP contribution in [0.2, 0.25) is 0 Å². The molecule has 1 aliphatic rings. The second-order valence-corrected chi connectivity index (χ2v) is 6.04. The van der Waals surface area contributed by atoms with Crippen molar-refractivity contribution in [1.29, 1.82) is 0 Å². The molecule has 0 atom stereocenters. The van der Waals surface area contributed by atoms with E-state index in [4.69, 9.17) is 0 Å². The predicted octanol–water partition coefficient (Wildman–Crippen LogP) is 1.29. The lowest BCUT2D eigenvalue weighted by atomic mass is 10.2. The molecule has 1 amide bonds. The Morgan fingerprint density at radius 2 is 2.21 bits per heavy atom. The van der Waals surface area contributed by atoms with E-state index in [0.29, 0.717) is 12.2 Å². The molecule has 0 bridgehead atoms. The summed E-state index contributed by atoms with van der Waals surface area (Å²) >= 11 is 0. The molecule has 0 fully saturated rings. The van der Waals surface area contributed by atoms with E-state index in [1.165, 1.54) is 4.68 Å². The minimum Gasteiger partial charge on any atom is -0.324 e. The Morgan fingerprint density at radius 3 is 3.12 bits per heavy atom. The zero-order chi connectivity index (χ0) is 16.5. The molecular formula is C16H18N6O2. The molecule has 2 aromatic heterocycles. The fourth-order valence-corrected chi connectivity index (χ4v) is 3.09. The molecule has 0 saturated carbocycles. The molecular weight excluding hydrogens is 308 g/mol. The molecule has 0 aliphatic carbocycles. The van der Waals surface area contributed by atoms with Gasteiger partial charge in [0.2, 0.25) is 5.91 Å². The van der Waals surface area contributed by atoms with Crippen LogP contribution in [0.15, 0.2) is 29.2 Å². The quantitative estimate of drug-likeness (QED) is 0.758. The maximum atomic E-state index is 12.4. The van der Waals surface area contributed by atoms with Crippen LogP contribution in [0.25, 0.3) is 10.9 Å². The monoisotopic (exact) mass is 326 g/mol. The number of carbonyl (C=O) groups excluding carboxylic acids is 1. The lowest BCUT2D eigenvalue weighted by Gasteiger charge is -2.05. The number of rotatable bonds is 3. The molecule has 3 heterocycles. The van der Waals surface area contributed by atoms with Crippen molar-refractivity contribution in [3.05, 3.63) is 40.7 Å². The van der Waals surface area contributed by atoms with E-state index in [-0.39, 0.29) is 18.1 Å². The number of anilines is 1. The summed E-state index contributed by atoms with van der Waals surface area (Å²) in [4.78, 5) is 24.6. The first-order valence-corrected chi connectivity index (χ1v) is 8.10. The highest BCUT2D eigenvalue weighted by atomic mass is 16.2. The lowest BCUT2D eigenvalue weighted by molar-refractivity contribution is -0.117. The van der Waals surface area contributed by atoms with Gasteiger partial charge in [-0.2, -0.15) is 10.2 Å². The van der Waals surface area contributed by atoms with Crippen LogP contribution in [0.1, 0.15) is 25.1 Å². The first-order chi connectivity index (χ1) is 11.7. The average molecular weight is 326 g/mol. The highest BCUT2D eigenvalue weighted by Crippen LogP contribution is 2.16. The molecule has 4 rings (SSSR count). The number of hydrogen-bond acceptors (Lipinski definition) is 4. The van der Waals surface area contributed by atoms with Gasteiger partial charge in [-0.3, -0.25) is 14.5 Å². The van der Waals surface area contributed by atoms with Crippen LogP contribution in [0.3, 0.4) is 0 Å². The summed E-state index contributed by atoms with van der Waals surface area (Å²) < 4.78 is 2.95. The maximum absolute atomic E-state index is 12.4. The lowest BCUT2D eigenvalue weighted by Crippen LogP contribution is -2.30. The Labute approximate surface area is 137 Å². The molecule has 0 unspecified atom stereocenters. The Bertz CT molecular complexity index is 951. The molecule has 0 saturated heterocycles. The molecule has 2 N–H and O–H groups in total. The fourth-order valence-electron chi connectivity index (χ4n) is 3.09. The van der Waals surface area contributed by atoms with Crippen LogP contribution < -0.4 is 11.0 Å². The molecule has 1 aromatic carbocycles. The first-order valence-electron chi connectivity index (χ1n) is 8.10. The molecule has 24 heavy (non-hydrogen) atoms. The molecule has 8 heteroatoms. The summed E-state index contributed by atoms with van der Waals surface area (Å²) in [6.07, 6.45) is 5.62. The van der Waals surface area contributed by atoms with Crippen molar-refractivity contribution in [2.45, 2.75) is 38.8 Å². The van der Waals surface area contributed by atoms with Gasteiger partial charge in [0.1, 0.15) is 12.4 Å². The van der Waals surface area contributed by atoms with Crippen molar-refractivity contribution in [1.82, 2.24) is 24.5 Å². The fraction of sp³-hybridized carbons (Fsp3) is 0.375. The van der Waals surface area contributed by atoms with E-state index < -0.39 is 0 Å². The second-order valence-electron chi connectivity index (χ2n) is 6.04. The highest BCUT2D eigenvalue weighted by molar-refractivity contribution is 5.93. The van der Waals surface area contributed by atoms with Crippen LogP contribution in [0.4, 0.5) is 5.69 Å². The number of nitrogens with zero attached hydrogens (tertiary/aromatic N) is 4. The van der Waals surface area contributed by atoms with Gasteiger partial charge in [-0.25, -0.2) is 9.48 Å². The minimum absolute atomic E-state index is 0.0811. The van der Waals surface area contributed by atoms with E-state index in [9.17, 15) is 9.59 Å². The van der Waals surface area contributed by atoms with Crippen LogP contribution in [-0.2, 0) is 24.3 Å². The normalized spacial score (nSPS) is 14.3. The number of amides is 1. The van der Waals surface area contributed by atoms with Gasteiger partial charge < -0.3 is 5.32 Å². The Hall–Kier alpha value is -2.90. The van der Waals surface area contributed by atoms with Crippen molar-refractivity contribution in [2.75, 3.05) is 5.32 Å². The number of aryl methyl sites for hydroxylation is 1. The summed E-state index contributed by atoms with van der Waals surface area (Å²) in [5, 5.41) is 14.9. The predicted molar refractivity (Wildman–Crippen MR) is 88.8 cm³/mol. The summed E-state index contributed by atoms with van der Waals surface area (Å²) in [6, 6.07) is 5.48. The third-order valence-electron chi connectivity index (χ3n) is 4.30. The second kappa shape index (κ2) is 5.95. The maximum Gasteiger partial charge on any atom is 0.346 e. The number of fused-ring (bicyclic) bond motifs is 2. The van der Waals surface area contributed by atoms with Gasteiger partial charge in [0.05, 0.1) is 11.7 Å². The molecule has 3 aromatic rings. The van der Waals surface area contributed by atoms with Gasteiger partial charge in [-0.15, -0.1) is 0 Å². The van der Waals surface area contributed by atoms with Gasteiger partial charge in [0, 0.05) is 24.0 Å². The molecule has 0 radical (unpaired) electrons. The van der Waals surface area contributed by atoms with Crippen molar-refractivity contribution in [3.8, 4) is 0 Å². The largest absolute Gasteiger partial charge is 0.346 e. The van der Waals surface area contributed by atoms with Crippen molar-refractivity contribution >= 4 is 22.5 Å². The molecule has 8 nitrogen and oxygen atoms in total. The smallest absolute Gasteiger partial charge is 0.324 e. The first kappa shape index (κ1) is 14.7. The van der Waals surface area contributed by atoms with Gasteiger partial charge in [-0.05, 0) is 31.0 Å². The molecule has 1 aliphatic heterocycles. The van der Waals surface area contributed by atoms with Crippen molar-refractivity contribution < 1.29 is 4.79 Å². The summed E-state index contributed by atoms with van der Waals surface area (Å²) in [5.74, 6) is 0.512. The topological polar surface area (TPSA) is 97.6 Å². The van der Waals surface area contributed by atoms with Gasteiger partial charge >= 0.3 is 5.69 Å².